The average Bonchev–Trinajstić information content (AvgIpc) is 3.55. The predicted octanol–water partition coefficient (Wildman–Crippen LogP) is 4.23. The van der Waals surface area contributed by atoms with E-state index in [4.69, 9.17) is 9.26 Å². The van der Waals surface area contributed by atoms with Crippen LogP contribution >= 0.6 is 11.3 Å². The Labute approximate surface area is 210 Å². The Hall–Kier alpha value is -3.58. The Morgan fingerprint density at radius 1 is 1.17 bits per heavy atom. The smallest absolute Gasteiger partial charge is 0.328 e. The first-order valence-corrected chi connectivity index (χ1v) is 13.8. The Balaban J connectivity index is 1.27. The van der Waals surface area contributed by atoms with Crippen LogP contribution in [0, 0.1) is 5.95 Å². The van der Waals surface area contributed by atoms with Crippen LogP contribution in [-0.2, 0) is 9.84 Å². The van der Waals surface area contributed by atoms with Crippen LogP contribution in [0.5, 0.6) is 5.19 Å². The highest BCUT2D eigenvalue weighted by Crippen LogP contribution is 2.30. The quantitative estimate of drug-likeness (QED) is 0.346. The van der Waals surface area contributed by atoms with E-state index in [1.165, 1.54) is 24.3 Å². The molecule has 4 aromatic rings. The van der Waals surface area contributed by atoms with E-state index < -0.39 is 15.8 Å². The number of ether oxygens (including phenoxy) is 1. The number of anilines is 1. The molecule has 36 heavy (non-hydrogen) atoms. The molecule has 0 saturated carbocycles. The fourth-order valence-electron chi connectivity index (χ4n) is 3.55. The topological polar surface area (TPSA) is 116 Å². The molecular formula is C23H23FN6O4S2. The zero-order valence-corrected chi connectivity index (χ0v) is 21.5. The first-order chi connectivity index (χ1) is 17.1. The molecule has 4 heterocycles. The molecule has 188 valence electrons. The number of aromatic nitrogens is 5. The van der Waals surface area contributed by atoms with E-state index in [0.717, 1.165) is 27.7 Å². The van der Waals surface area contributed by atoms with Crippen molar-refractivity contribution in [3.63, 3.8) is 0 Å². The fraction of sp³-hybridized carbons (Fsp3) is 0.304. The summed E-state index contributed by atoms with van der Waals surface area (Å²) in [5.41, 5.74) is 1.47. The van der Waals surface area contributed by atoms with Gasteiger partial charge in [0.05, 0.1) is 4.90 Å². The van der Waals surface area contributed by atoms with Gasteiger partial charge in [0.2, 0.25) is 10.9 Å². The average molecular weight is 531 g/mol. The van der Waals surface area contributed by atoms with Crippen LogP contribution in [0.2, 0.25) is 0 Å². The first kappa shape index (κ1) is 24.1. The van der Waals surface area contributed by atoms with Crippen molar-refractivity contribution in [2.24, 2.45) is 0 Å². The maximum Gasteiger partial charge on any atom is 0.328 e. The lowest BCUT2D eigenvalue weighted by Crippen LogP contribution is -2.23. The van der Waals surface area contributed by atoms with Gasteiger partial charge in [0, 0.05) is 30.5 Å². The summed E-state index contributed by atoms with van der Waals surface area (Å²) in [6, 6.07) is 6.32. The molecular weight excluding hydrogens is 507 g/mol. The lowest BCUT2D eigenvalue weighted by atomic mass is 10.1. The van der Waals surface area contributed by atoms with Crippen LogP contribution in [-0.4, -0.2) is 52.1 Å². The summed E-state index contributed by atoms with van der Waals surface area (Å²) < 4.78 is 50.7. The van der Waals surface area contributed by atoms with Gasteiger partial charge in [-0.2, -0.15) is 13.9 Å². The summed E-state index contributed by atoms with van der Waals surface area (Å²) in [6.07, 6.45) is 6.52. The van der Waals surface area contributed by atoms with Gasteiger partial charge in [-0.05, 0) is 42.0 Å². The van der Waals surface area contributed by atoms with Crippen molar-refractivity contribution in [3.8, 4) is 16.5 Å². The maximum absolute atomic E-state index is 15.0. The van der Waals surface area contributed by atoms with Crippen LogP contribution in [0.15, 0.2) is 57.6 Å². The number of rotatable bonds is 7. The molecule has 0 N–H and O–H groups in total. The van der Waals surface area contributed by atoms with Gasteiger partial charge in [0.1, 0.15) is 11.8 Å². The second-order valence-corrected chi connectivity index (χ2v) is 11.6. The third-order valence-corrected chi connectivity index (χ3v) is 7.52. The number of hydrogen-bond acceptors (Lipinski definition) is 10. The monoisotopic (exact) mass is 530 g/mol. The maximum atomic E-state index is 15.0. The van der Waals surface area contributed by atoms with E-state index in [9.17, 15) is 8.42 Å². The third-order valence-electron chi connectivity index (χ3n) is 5.60. The molecule has 0 bridgehead atoms. The van der Waals surface area contributed by atoms with Crippen LogP contribution in [0.4, 0.5) is 10.4 Å². The molecule has 0 radical (unpaired) electrons. The van der Waals surface area contributed by atoms with Crippen LogP contribution in [0.3, 0.4) is 0 Å². The molecule has 0 spiro atoms. The number of fused-ring (bicyclic) bond motifs is 1. The van der Waals surface area contributed by atoms with Crippen molar-refractivity contribution in [1.29, 1.82) is 0 Å². The highest BCUT2D eigenvalue weighted by atomic mass is 32.2. The van der Waals surface area contributed by atoms with E-state index >= 15 is 4.39 Å². The predicted molar refractivity (Wildman–Crippen MR) is 132 cm³/mol. The second kappa shape index (κ2) is 9.13. The van der Waals surface area contributed by atoms with E-state index in [1.54, 1.807) is 0 Å². The molecule has 0 fully saturated rings. The normalized spacial score (nSPS) is 15.1. The van der Waals surface area contributed by atoms with Gasteiger partial charge in [-0.1, -0.05) is 37.2 Å². The number of imidazole rings is 1. The van der Waals surface area contributed by atoms with Crippen molar-refractivity contribution in [2.45, 2.75) is 37.7 Å². The largest absolute Gasteiger partial charge is 0.461 e. The number of hydrogen-bond donors (Lipinski definition) is 0. The van der Waals surface area contributed by atoms with Gasteiger partial charge in [-0.15, -0.1) is 5.10 Å². The molecule has 0 saturated heterocycles. The summed E-state index contributed by atoms with van der Waals surface area (Å²) in [6.45, 7) is 6.41. The number of halogens is 1. The van der Waals surface area contributed by atoms with E-state index in [1.807, 2.05) is 44.0 Å². The van der Waals surface area contributed by atoms with Crippen molar-refractivity contribution < 1.29 is 22.1 Å². The highest BCUT2D eigenvalue weighted by Gasteiger charge is 2.22. The molecule has 1 unspecified atom stereocenters. The van der Waals surface area contributed by atoms with E-state index in [-0.39, 0.29) is 27.8 Å². The molecule has 1 aliphatic rings. The van der Waals surface area contributed by atoms with Crippen molar-refractivity contribution >= 4 is 32.1 Å². The van der Waals surface area contributed by atoms with E-state index in [2.05, 4.69) is 20.2 Å². The summed E-state index contributed by atoms with van der Waals surface area (Å²) in [4.78, 5) is 11.0. The number of benzene rings is 1. The Morgan fingerprint density at radius 2 is 1.92 bits per heavy atom. The minimum absolute atomic E-state index is 0.0908. The van der Waals surface area contributed by atoms with Crippen molar-refractivity contribution in [2.75, 3.05) is 17.7 Å². The SMILES string of the molecule is CC(Oc1nn2c(F)c(-c3ccc(S(C)(=O)=O)cc3)nc2s1)C1=CCN(c2nc(C(C)C)no2)C=C1. The van der Waals surface area contributed by atoms with Gasteiger partial charge in [-0.3, -0.25) is 4.90 Å². The number of nitrogens with zero attached hydrogens (tertiary/aromatic N) is 6. The van der Waals surface area contributed by atoms with Crippen LogP contribution in [0.25, 0.3) is 16.2 Å². The summed E-state index contributed by atoms with van der Waals surface area (Å²) in [7, 11) is -3.34. The van der Waals surface area contributed by atoms with Gasteiger partial charge in [0.25, 0.3) is 5.19 Å². The molecule has 1 atom stereocenters. The first-order valence-electron chi connectivity index (χ1n) is 11.1. The lowest BCUT2D eigenvalue weighted by molar-refractivity contribution is 0.255. The zero-order chi connectivity index (χ0) is 25.6. The number of sulfone groups is 1. The fourth-order valence-corrected chi connectivity index (χ4v) is 4.99. The minimum atomic E-state index is -3.34. The zero-order valence-electron chi connectivity index (χ0n) is 19.9. The molecule has 10 nitrogen and oxygen atoms in total. The molecule has 5 rings (SSSR count). The molecule has 0 aliphatic carbocycles. The minimum Gasteiger partial charge on any atom is -0.461 e. The van der Waals surface area contributed by atoms with E-state index in [0.29, 0.717) is 28.9 Å². The van der Waals surface area contributed by atoms with Crippen LogP contribution < -0.4 is 9.64 Å². The summed E-state index contributed by atoms with van der Waals surface area (Å²) >= 11 is 1.12. The standard InChI is InChI=1S/C23H23FN6O4S2/c1-13(2)20-26-21(34-28-20)29-11-9-15(10-12-29)14(3)33-23-27-30-19(24)18(25-22(30)35-23)16-5-7-17(8-6-16)36(4,31)32/h5-11,13-14H,12H2,1-4H3. The Bertz CT molecular complexity index is 1580. The van der Waals surface area contributed by atoms with Gasteiger partial charge >= 0.3 is 6.01 Å². The summed E-state index contributed by atoms with van der Waals surface area (Å²) in [5, 5.41) is 8.48. The lowest BCUT2D eigenvalue weighted by Gasteiger charge is -2.21. The van der Waals surface area contributed by atoms with Gasteiger partial charge in [0.15, 0.2) is 15.7 Å². The van der Waals surface area contributed by atoms with Gasteiger partial charge < -0.3 is 9.26 Å². The summed E-state index contributed by atoms with van der Waals surface area (Å²) in [5.74, 6) is 0.181. The molecule has 13 heteroatoms. The molecule has 0 amide bonds. The Morgan fingerprint density at radius 3 is 2.50 bits per heavy atom. The Kier molecular flexibility index (Phi) is 6.12. The van der Waals surface area contributed by atoms with Crippen molar-refractivity contribution in [1.82, 2.24) is 24.7 Å². The molecule has 3 aromatic heterocycles. The second-order valence-electron chi connectivity index (χ2n) is 8.63. The molecule has 1 aromatic carbocycles. The van der Waals surface area contributed by atoms with Crippen LogP contribution in [0.1, 0.15) is 32.5 Å². The van der Waals surface area contributed by atoms with Gasteiger partial charge in [-0.25, -0.2) is 13.4 Å². The third kappa shape index (κ3) is 4.63. The molecule has 1 aliphatic heterocycles. The van der Waals surface area contributed by atoms with Crippen molar-refractivity contribution in [3.05, 3.63) is 60.0 Å². The highest BCUT2D eigenvalue weighted by molar-refractivity contribution is 7.90.